The molecule has 0 radical (unpaired) electrons. The molecule has 15 heavy (non-hydrogen) atoms. The van der Waals surface area contributed by atoms with E-state index in [1.54, 1.807) is 6.07 Å². The third-order valence-electron chi connectivity index (χ3n) is 2.66. The lowest BCUT2D eigenvalue weighted by Gasteiger charge is -2.10. The van der Waals surface area contributed by atoms with Crippen LogP contribution in [-0.2, 0) is 13.5 Å². The zero-order chi connectivity index (χ0) is 10.8. The standard InChI is InChI=1S/C12H14N2O/c1-14-9(6-7-13)8-12(15)10-4-2-3-5-11(10)14/h2-5,8H,6-7,13H2,1H3. The second-order valence-corrected chi connectivity index (χ2v) is 3.61. The van der Waals surface area contributed by atoms with E-state index >= 15 is 0 Å². The minimum Gasteiger partial charge on any atom is -0.347 e. The molecule has 0 spiro atoms. The summed E-state index contributed by atoms with van der Waals surface area (Å²) in [6.45, 7) is 0.561. The van der Waals surface area contributed by atoms with Crippen LogP contribution in [0.4, 0.5) is 0 Å². The zero-order valence-electron chi connectivity index (χ0n) is 8.73. The average Bonchev–Trinajstić information content (AvgIpc) is 2.26. The third-order valence-corrected chi connectivity index (χ3v) is 2.66. The van der Waals surface area contributed by atoms with Crippen molar-refractivity contribution in [1.29, 1.82) is 0 Å². The summed E-state index contributed by atoms with van der Waals surface area (Å²) in [4.78, 5) is 11.8. The number of benzene rings is 1. The summed E-state index contributed by atoms with van der Waals surface area (Å²) in [6.07, 6.45) is 0.733. The molecule has 3 nitrogen and oxygen atoms in total. The molecule has 2 rings (SSSR count). The van der Waals surface area contributed by atoms with Crippen LogP contribution in [0, 0.1) is 0 Å². The van der Waals surface area contributed by atoms with Gasteiger partial charge in [0.15, 0.2) is 5.43 Å². The first-order valence-corrected chi connectivity index (χ1v) is 5.02. The number of pyridine rings is 1. The summed E-state index contributed by atoms with van der Waals surface area (Å²) in [5.74, 6) is 0. The van der Waals surface area contributed by atoms with Gasteiger partial charge in [-0.2, -0.15) is 0 Å². The van der Waals surface area contributed by atoms with Crippen molar-refractivity contribution in [2.75, 3.05) is 6.54 Å². The normalized spacial score (nSPS) is 10.8. The SMILES string of the molecule is Cn1c(CCN)cc(=O)c2ccccc21. The average molecular weight is 202 g/mol. The summed E-state index contributed by atoms with van der Waals surface area (Å²) in [7, 11) is 1.97. The Balaban J connectivity index is 2.79. The largest absolute Gasteiger partial charge is 0.347 e. The monoisotopic (exact) mass is 202 g/mol. The highest BCUT2D eigenvalue weighted by atomic mass is 16.1. The molecule has 1 aromatic carbocycles. The van der Waals surface area contributed by atoms with Crippen LogP contribution in [-0.4, -0.2) is 11.1 Å². The van der Waals surface area contributed by atoms with E-state index in [2.05, 4.69) is 0 Å². The van der Waals surface area contributed by atoms with E-state index < -0.39 is 0 Å². The van der Waals surface area contributed by atoms with Crippen molar-refractivity contribution in [3.8, 4) is 0 Å². The highest BCUT2D eigenvalue weighted by Gasteiger charge is 2.04. The van der Waals surface area contributed by atoms with Gasteiger partial charge in [-0.05, 0) is 18.7 Å². The fourth-order valence-corrected chi connectivity index (χ4v) is 1.84. The van der Waals surface area contributed by atoms with Gasteiger partial charge < -0.3 is 10.3 Å². The molecule has 0 saturated carbocycles. The van der Waals surface area contributed by atoms with Gasteiger partial charge in [0.2, 0.25) is 0 Å². The predicted molar refractivity (Wildman–Crippen MR) is 61.9 cm³/mol. The van der Waals surface area contributed by atoms with Crippen molar-refractivity contribution in [1.82, 2.24) is 4.57 Å². The maximum Gasteiger partial charge on any atom is 0.189 e. The van der Waals surface area contributed by atoms with Crippen LogP contribution in [0.3, 0.4) is 0 Å². The van der Waals surface area contributed by atoms with Crippen molar-refractivity contribution >= 4 is 10.9 Å². The van der Waals surface area contributed by atoms with E-state index in [4.69, 9.17) is 5.73 Å². The van der Waals surface area contributed by atoms with Crippen molar-refractivity contribution in [2.45, 2.75) is 6.42 Å². The molecule has 2 N–H and O–H groups in total. The Morgan fingerprint density at radius 1 is 1.33 bits per heavy atom. The summed E-state index contributed by atoms with van der Waals surface area (Å²) < 4.78 is 2.03. The minimum absolute atomic E-state index is 0.0761. The number of fused-ring (bicyclic) bond motifs is 1. The zero-order valence-corrected chi connectivity index (χ0v) is 8.73. The molecule has 1 heterocycles. The Kier molecular flexibility index (Phi) is 2.56. The molecule has 0 aliphatic carbocycles. The first-order valence-electron chi connectivity index (χ1n) is 5.02. The molecule has 0 unspecified atom stereocenters. The number of para-hydroxylation sites is 1. The first kappa shape index (κ1) is 9.93. The predicted octanol–water partition coefficient (Wildman–Crippen LogP) is 1.04. The van der Waals surface area contributed by atoms with Gasteiger partial charge in [0.25, 0.3) is 0 Å². The van der Waals surface area contributed by atoms with Crippen molar-refractivity contribution in [2.24, 2.45) is 12.8 Å². The lowest BCUT2D eigenvalue weighted by atomic mass is 10.1. The van der Waals surface area contributed by atoms with Gasteiger partial charge in [0.05, 0.1) is 5.52 Å². The number of aryl methyl sites for hydroxylation is 1. The van der Waals surface area contributed by atoms with Gasteiger partial charge in [-0.15, -0.1) is 0 Å². The van der Waals surface area contributed by atoms with Crippen LogP contribution >= 0.6 is 0 Å². The highest BCUT2D eigenvalue weighted by molar-refractivity contribution is 5.79. The Bertz CT molecular complexity index is 543. The molecule has 0 fully saturated rings. The van der Waals surface area contributed by atoms with Gasteiger partial charge in [0.1, 0.15) is 0 Å². The van der Waals surface area contributed by atoms with Gasteiger partial charge in [-0.25, -0.2) is 0 Å². The Hall–Kier alpha value is -1.61. The van der Waals surface area contributed by atoms with Crippen molar-refractivity contribution in [3.63, 3.8) is 0 Å². The summed E-state index contributed by atoms with van der Waals surface area (Å²) in [5, 5.41) is 0.765. The fraction of sp³-hybridized carbons (Fsp3) is 0.250. The van der Waals surface area contributed by atoms with Crippen LogP contribution < -0.4 is 11.2 Å². The molecule has 78 valence electrons. The van der Waals surface area contributed by atoms with E-state index in [0.29, 0.717) is 6.54 Å². The van der Waals surface area contributed by atoms with E-state index in [1.165, 1.54) is 0 Å². The summed E-state index contributed by atoms with van der Waals surface area (Å²) in [6, 6.07) is 9.30. The van der Waals surface area contributed by atoms with E-state index in [-0.39, 0.29) is 5.43 Å². The van der Waals surface area contributed by atoms with Crippen LogP contribution in [0.1, 0.15) is 5.69 Å². The molecule has 0 amide bonds. The number of nitrogens with two attached hydrogens (primary N) is 1. The summed E-state index contributed by atoms with van der Waals surface area (Å²) >= 11 is 0. The van der Waals surface area contributed by atoms with Gasteiger partial charge >= 0.3 is 0 Å². The molecule has 0 aliphatic rings. The van der Waals surface area contributed by atoms with E-state index in [0.717, 1.165) is 23.0 Å². The smallest absolute Gasteiger partial charge is 0.189 e. The number of hydrogen-bond acceptors (Lipinski definition) is 2. The highest BCUT2D eigenvalue weighted by Crippen LogP contribution is 2.11. The number of rotatable bonds is 2. The quantitative estimate of drug-likeness (QED) is 0.791. The molecule has 0 atom stereocenters. The molecular formula is C12H14N2O. The second kappa shape index (κ2) is 3.87. The molecule has 3 heteroatoms. The van der Waals surface area contributed by atoms with E-state index in [1.807, 2.05) is 35.9 Å². The van der Waals surface area contributed by atoms with Crippen molar-refractivity contribution in [3.05, 3.63) is 46.2 Å². The van der Waals surface area contributed by atoms with E-state index in [9.17, 15) is 4.79 Å². The topological polar surface area (TPSA) is 48.0 Å². The second-order valence-electron chi connectivity index (χ2n) is 3.61. The van der Waals surface area contributed by atoms with Crippen LogP contribution in [0.15, 0.2) is 35.1 Å². The first-order chi connectivity index (χ1) is 7.24. The molecule has 0 bridgehead atoms. The Morgan fingerprint density at radius 3 is 2.80 bits per heavy atom. The number of aromatic nitrogens is 1. The Labute approximate surface area is 88.1 Å². The lowest BCUT2D eigenvalue weighted by molar-refractivity contribution is 0.812. The molecule has 0 saturated heterocycles. The Morgan fingerprint density at radius 2 is 2.07 bits per heavy atom. The van der Waals surface area contributed by atoms with Gasteiger partial charge in [0, 0.05) is 30.6 Å². The molecule has 0 aliphatic heterocycles. The maximum absolute atomic E-state index is 11.8. The number of nitrogens with zero attached hydrogens (tertiary/aromatic N) is 1. The molecular weight excluding hydrogens is 188 g/mol. The van der Waals surface area contributed by atoms with Crippen LogP contribution in [0.25, 0.3) is 10.9 Å². The molecule has 2 aromatic rings. The van der Waals surface area contributed by atoms with Crippen LogP contribution in [0.5, 0.6) is 0 Å². The van der Waals surface area contributed by atoms with Crippen molar-refractivity contribution < 1.29 is 0 Å². The fourth-order valence-electron chi connectivity index (χ4n) is 1.84. The minimum atomic E-state index is 0.0761. The van der Waals surface area contributed by atoms with Gasteiger partial charge in [-0.1, -0.05) is 12.1 Å². The summed E-state index contributed by atoms with van der Waals surface area (Å²) in [5.41, 5.74) is 7.54. The lowest BCUT2D eigenvalue weighted by Crippen LogP contribution is -2.14. The molecule has 1 aromatic heterocycles. The number of hydrogen-bond donors (Lipinski definition) is 1. The van der Waals surface area contributed by atoms with Crippen LogP contribution in [0.2, 0.25) is 0 Å². The maximum atomic E-state index is 11.8. The third kappa shape index (κ3) is 1.66. The van der Waals surface area contributed by atoms with Gasteiger partial charge in [-0.3, -0.25) is 4.79 Å².